The normalized spacial score (nSPS) is 21.9. The number of hydrogen-bond donors (Lipinski definition) is 0. The minimum absolute atomic E-state index is 0.0729. The Hall–Kier alpha value is -1.99. The molecule has 2 aliphatic rings. The molecule has 8 nitrogen and oxygen atoms in total. The molecule has 0 radical (unpaired) electrons. The minimum Gasteiger partial charge on any atom is -0.354 e. The summed E-state index contributed by atoms with van der Waals surface area (Å²) in [6.07, 6.45) is -2.29. The Bertz CT molecular complexity index is 1120. The third kappa shape index (κ3) is 5.15. The minimum atomic E-state index is -4.39. The number of nitrogens with zero attached hydrogens (tertiary/aromatic N) is 6. The van der Waals surface area contributed by atoms with Crippen LogP contribution in [0.4, 0.5) is 19.0 Å². The average Bonchev–Trinajstić information content (AvgIpc) is 3.21. The van der Waals surface area contributed by atoms with Gasteiger partial charge in [0.25, 0.3) is 0 Å². The summed E-state index contributed by atoms with van der Waals surface area (Å²) in [7, 11) is -1.09. The van der Waals surface area contributed by atoms with Gasteiger partial charge in [0.15, 0.2) is 14.6 Å². The van der Waals surface area contributed by atoms with Crippen LogP contribution in [-0.2, 0) is 36.2 Å². The van der Waals surface area contributed by atoms with Crippen molar-refractivity contribution in [1.82, 2.24) is 24.2 Å². The zero-order chi connectivity index (χ0) is 23.1. The van der Waals surface area contributed by atoms with Crippen LogP contribution in [0.1, 0.15) is 17.8 Å². The van der Waals surface area contributed by atoms with E-state index in [0.29, 0.717) is 56.3 Å². The summed E-state index contributed by atoms with van der Waals surface area (Å²) in [5.41, 5.74) is -0.754. The first-order valence-corrected chi connectivity index (χ1v) is 12.6. The fourth-order valence-electron chi connectivity index (χ4n) is 4.14. The largest absolute Gasteiger partial charge is 0.417 e. The summed E-state index contributed by atoms with van der Waals surface area (Å²) >= 11 is 5.52. The molecule has 0 amide bonds. The van der Waals surface area contributed by atoms with Crippen LogP contribution >= 0.6 is 12.2 Å². The molecule has 2 aliphatic heterocycles. The van der Waals surface area contributed by atoms with E-state index in [1.165, 1.54) is 6.07 Å². The number of alkyl halides is 3. The number of sulfone groups is 1. The molecular weight excluding hydrogens is 465 g/mol. The predicted octanol–water partition coefficient (Wildman–Crippen LogP) is 2.12. The molecule has 2 aromatic heterocycles. The van der Waals surface area contributed by atoms with Crippen molar-refractivity contribution >= 4 is 27.9 Å². The zero-order valence-electron chi connectivity index (χ0n) is 17.6. The van der Waals surface area contributed by atoms with Crippen LogP contribution in [-0.4, -0.2) is 70.3 Å². The molecule has 2 aromatic rings. The van der Waals surface area contributed by atoms with Crippen molar-refractivity contribution in [2.24, 2.45) is 13.0 Å². The summed E-state index contributed by atoms with van der Waals surface area (Å²) in [5, 5.41) is 4.63. The van der Waals surface area contributed by atoms with Gasteiger partial charge in [-0.1, -0.05) is 0 Å². The lowest BCUT2D eigenvalue weighted by atomic mass is 10.1. The molecule has 2 saturated heterocycles. The highest BCUT2D eigenvalue weighted by atomic mass is 32.2. The maximum atomic E-state index is 12.7. The molecular formula is C19H25F3N6O2S2. The molecule has 0 bridgehead atoms. The Morgan fingerprint density at radius 2 is 1.91 bits per heavy atom. The van der Waals surface area contributed by atoms with Gasteiger partial charge in [0.05, 0.1) is 23.7 Å². The van der Waals surface area contributed by atoms with E-state index in [-0.39, 0.29) is 17.4 Å². The Morgan fingerprint density at radius 3 is 2.47 bits per heavy atom. The summed E-state index contributed by atoms with van der Waals surface area (Å²) in [5.74, 6) is 1.82. The fraction of sp³-hybridized carbons (Fsp3) is 0.632. The van der Waals surface area contributed by atoms with E-state index >= 15 is 0 Å². The van der Waals surface area contributed by atoms with Crippen molar-refractivity contribution in [3.05, 3.63) is 34.5 Å². The zero-order valence-corrected chi connectivity index (χ0v) is 19.3. The highest BCUT2D eigenvalue weighted by Crippen LogP contribution is 2.29. The lowest BCUT2D eigenvalue weighted by Crippen LogP contribution is -2.47. The molecule has 0 aromatic carbocycles. The average molecular weight is 491 g/mol. The second-order valence-electron chi connectivity index (χ2n) is 8.38. The lowest BCUT2D eigenvalue weighted by Gasteiger charge is -2.35. The monoisotopic (exact) mass is 490 g/mol. The summed E-state index contributed by atoms with van der Waals surface area (Å²) in [4.78, 5) is 8.11. The van der Waals surface area contributed by atoms with E-state index in [4.69, 9.17) is 12.2 Å². The van der Waals surface area contributed by atoms with Crippen LogP contribution in [0.25, 0.3) is 0 Å². The van der Waals surface area contributed by atoms with Gasteiger partial charge in [-0.3, -0.25) is 4.90 Å². The SMILES string of the molecule is Cn1c(CC2CCS(=O)(=O)C2)nn(CN2CCN(c3ccc(C(F)(F)F)cn3)CC2)c1=S. The number of aromatic nitrogens is 4. The number of piperazine rings is 1. The molecule has 1 unspecified atom stereocenters. The van der Waals surface area contributed by atoms with Gasteiger partial charge in [-0.05, 0) is 36.7 Å². The smallest absolute Gasteiger partial charge is 0.354 e. The summed E-state index contributed by atoms with van der Waals surface area (Å²) in [6.45, 7) is 3.15. The van der Waals surface area contributed by atoms with Gasteiger partial charge in [-0.15, -0.1) is 0 Å². The molecule has 13 heteroatoms. The topological polar surface area (TPSA) is 76.3 Å². The van der Waals surface area contributed by atoms with Crippen LogP contribution in [0, 0.1) is 10.7 Å². The van der Waals surface area contributed by atoms with E-state index in [0.717, 1.165) is 18.1 Å². The highest BCUT2D eigenvalue weighted by molar-refractivity contribution is 7.91. The molecule has 0 N–H and O–H groups in total. The molecule has 0 spiro atoms. The molecule has 4 rings (SSSR count). The Balaban J connectivity index is 1.35. The van der Waals surface area contributed by atoms with E-state index in [1.54, 1.807) is 4.68 Å². The van der Waals surface area contributed by atoms with Gasteiger partial charge in [-0.2, -0.15) is 18.3 Å². The maximum Gasteiger partial charge on any atom is 0.417 e. The molecule has 176 valence electrons. The molecule has 1 atom stereocenters. The predicted molar refractivity (Wildman–Crippen MR) is 116 cm³/mol. The van der Waals surface area contributed by atoms with Crippen LogP contribution in [0.3, 0.4) is 0 Å². The molecule has 2 fully saturated rings. The van der Waals surface area contributed by atoms with Gasteiger partial charge >= 0.3 is 6.18 Å². The standard InChI is InChI=1S/C19H25F3N6O2S2/c1-25-17(10-14-4-9-32(29,30)12-14)24-28(18(25)31)13-26-5-7-27(8-6-26)16-3-2-15(11-23-16)19(20,21)22/h2-3,11,14H,4-10,12-13H2,1H3. The quantitative estimate of drug-likeness (QED) is 0.595. The Labute approximate surface area is 189 Å². The van der Waals surface area contributed by atoms with E-state index < -0.39 is 21.6 Å². The van der Waals surface area contributed by atoms with Gasteiger partial charge in [0.1, 0.15) is 11.6 Å². The lowest BCUT2D eigenvalue weighted by molar-refractivity contribution is -0.137. The number of anilines is 1. The molecule has 0 saturated carbocycles. The van der Waals surface area contributed by atoms with E-state index in [2.05, 4.69) is 15.0 Å². The molecule has 0 aliphatic carbocycles. The second kappa shape index (κ2) is 8.75. The van der Waals surface area contributed by atoms with Gasteiger partial charge in [0.2, 0.25) is 0 Å². The van der Waals surface area contributed by atoms with E-state index in [1.807, 2.05) is 16.5 Å². The first-order chi connectivity index (χ1) is 15.0. The van der Waals surface area contributed by atoms with Crippen molar-refractivity contribution < 1.29 is 21.6 Å². The van der Waals surface area contributed by atoms with Gasteiger partial charge in [-0.25, -0.2) is 18.1 Å². The third-order valence-corrected chi connectivity index (χ3v) is 8.36. The number of halogens is 3. The molecule has 32 heavy (non-hydrogen) atoms. The summed E-state index contributed by atoms with van der Waals surface area (Å²) in [6, 6.07) is 2.46. The Morgan fingerprint density at radius 1 is 1.19 bits per heavy atom. The van der Waals surface area contributed by atoms with Crippen molar-refractivity contribution in [1.29, 1.82) is 0 Å². The Kier molecular flexibility index (Phi) is 6.34. The van der Waals surface area contributed by atoms with Crippen molar-refractivity contribution in [2.45, 2.75) is 25.7 Å². The summed E-state index contributed by atoms with van der Waals surface area (Å²) < 4.78 is 65.8. The van der Waals surface area contributed by atoms with Crippen molar-refractivity contribution in [2.75, 3.05) is 42.6 Å². The fourth-order valence-corrected chi connectivity index (χ4v) is 6.21. The van der Waals surface area contributed by atoms with Gasteiger partial charge < -0.3 is 9.47 Å². The van der Waals surface area contributed by atoms with Crippen molar-refractivity contribution in [3.63, 3.8) is 0 Å². The first-order valence-electron chi connectivity index (χ1n) is 10.4. The molecule has 4 heterocycles. The van der Waals surface area contributed by atoms with Gasteiger partial charge in [0, 0.05) is 45.8 Å². The highest BCUT2D eigenvalue weighted by Gasteiger charge is 2.31. The van der Waals surface area contributed by atoms with Crippen molar-refractivity contribution in [3.8, 4) is 0 Å². The van der Waals surface area contributed by atoms with Crippen LogP contribution in [0.15, 0.2) is 18.3 Å². The number of rotatable bonds is 5. The second-order valence-corrected chi connectivity index (χ2v) is 11.0. The first kappa shape index (κ1) is 23.2. The van der Waals surface area contributed by atoms with Crippen LogP contribution in [0.2, 0.25) is 0 Å². The van der Waals surface area contributed by atoms with Crippen LogP contribution < -0.4 is 4.90 Å². The maximum absolute atomic E-state index is 12.7. The van der Waals surface area contributed by atoms with Crippen LogP contribution in [0.5, 0.6) is 0 Å². The van der Waals surface area contributed by atoms with E-state index in [9.17, 15) is 21.6 Å². The number of hydrogen-bond acceptors (Lipinski definition) is 7. The number of pyridine rings is 1. The third-order valence-electron chi connectivity index (χ3n) is 6.03.